The Hall–Kier alpha value is 0.900. The van der Waals surface area contributed by atoms with Gasteiger partial charge in [0, 0.05) is 9.37 Å². The van der Waals surface area contributed by atoms with E-state index < -0.39 is 10.0 Å². The number of benzene rings is 1. The topological polar surface area (TPSA) is 48.2 Å². The van der Waals surface area contributed by atoms with Crippen LogP contribution in [-0.4, -0.2) is 8.42 Å². The summed E-state index contributed by atoms with van der Waals surface area (Å²) >= 11 is 8.07. The first-order valence-electron chi connectivity index (χ1n) is 2.90. The predicted octanol–water partition coefficient (Wildman–Crippen LogP) is -0.331. The molecule has 0 unspecified atom stereocenters. The standard InChI is InChI=1S/C6H4BrClNO2S.Na/c7-5-1-3-6(4-2-5)12(10,11)9-8;/h1-4H;/q-1;+1. The minimum atomic E-state index is -3.65. The summed E-state index contributed by atoms with van der Waals surface area (Å²) in [6.07, 6.45) is 0. The zero-order chi connectivity index (χ0) is 9.19. The maximum Gasteiger partial charge on any atom is 1.00 e. The Kier molecular flexibility index (Phi) is 6.10. The molecule has 0 radical (unpaired) electrons. The van der Waals surface area contributed by atoms with E-state index in [1.807, 2.05) is 0 Å². The molecule has 7 heteroatoms. The molecule has 1 rings (SSSR count). The second-order valence-electron chi connectivity index (χ2n) is 2.00. The van der Waals surface area contributed by atoms with Crippen LogP contribution in [0.4, 0.5) is 0 Å². The van der Waals surface area contributed by atoms with Gasteiger partial charge in [0.1, 0.15) is 10.0 Å². The maximum absolute atomic E-state index is 11.0. The van der Waals surface area contributed by atoms with E-state index in [1.165, 1.54) is 12.1 Å². The molecule has 0 saturated heterocycles. The zero-order valence-corrected chi connectivity index (χ0v) is 11.9. The molecule has 0 amide bonds. The normalized spacial score (nSPS) is 10.6. The average molecular weight is 293 g/mol. The molecule has 0 spiro atoms. The van der Waals surface area contributed by atoms with Crippen LogP contribution in [0.5, 0.6) is 0 Å². The van der Waals surface area contributed by atoms with Gasteiger partial charge in [-0.25, -0.2) is 8.42 Å². The molecule has 0 aliphatic carbocycles. The molecule has 1 aromatic rings. The van der Waals surface area contributed by atoms with Crippen molar-refractivity contribution >= 4 is 37.7 Å². The number of hydrogen-bond acceptors (Lipinski definition) is 2. The maximum atomic E-state index is 11.0. The number of sulfonamides is 1. The van der Waals surface area contributed by atoms with Crippen LogP contribution >= 0.6 is 27.7 Å². The Morgan fingerprint density at radius 2 is 1.69 bits per heavy atom. The minimum Gasteiger partial charge on any atom is -0.458 e. The van der Waals surface area contributed by atoms with E-state index in [0.29, 0.717) is 0 Å². The molecule has 0 atom stereocenters. The number of nitrogens with zero attached hydrogens (tertiary/aromatic N) is 1. The SMILES string of the molecule is O=S(=O)([N-]Cl)c1ccc(Br)cc1.[Na+]. The quantitative estimate of drug-likeness (QED) is 0.701. The first-order valence-corrected chi connectivity index (χ1v) is 5.47. The van der Waals surface area contributed by atoms with Crippen molar-refractivity contribution in [2.45, 2.75) is 4.90 Å². The van der Waals surface area contributed by atoms with Crippen molar-refractivity contribution in [3.05, 3.63) is 33.0 Å². The van der Waals surface area contributed by atoms with Gasteiger partial charge in [0.15, 0.2) is 0 Å². The Balaban J connectivity index is 0.00000144. The second-order valence-corrected chi connectivity index (χ2v) is 4.89. The van der Waals surface area contributed by atoms with Crippen LogP contribution in [0.15, 0.2) is 33.6 Å². The summed E-state index contributed by atoms with van der Waals surface area (Å²) in [4.78, 5) is 0.0840. The molecule has 0 heterocycles. The molecule has 0 aliphatic heterocycles. The van der Waals surface area contributed by atoms with Crippen molar-refractivity contribution in [2.24, 2.45) is 0 Å². The largest absolute Gasteiger partial charge is 1.00 e. The van der Waals surface area contributed by atoms with Crippen LogP contribution in [0, 0.1) is 0 Å². The number of rotatable bonds is 2. The van der Waals surface area contributed by atoms with Crippen molar-refractivity contribution in [1.82, 2.24) is 0 Å². The van der Waals surface area contributed by atoms with Gasteiger partial charge in [-0.15, -0.1) is 0 Å². The molecular formula is C6H4BrClNNaO2S. The fourth-order valence-electron chi connectivity index (χ4n) is 0.646. The van der Waals surface area contributed by atoms with E-state index >= 15 is 0 Å². The fraction of sp³-hybridized carbons (Fsp3) is 0. The van der Waals surface area contributed by atoms with Crippen LogP contribution in [0.3, 0.4) is 0 Å². The first-order chi connectivity index (χ1) is 5.56. The molecule has 0 aliphatic rings. The predicted molar refractivity (Wildman–Crippen MR) is 50.5 cm³/mol. The molecular weight excluding hydrogens is 288 g/mol. The molecule has 1 aromatic carbocycles. The molecule has 0 fully saturated rings. The number of hydrogen-bond donors (Lipinski definition) is 0. The average Bonchev–Trinajstić information content (AvgIpc) is 2.05. The summed E-state index contributed by atoms with van der Waals surface area (Å²) in [7, 11) is -3.65. The fourth-order valence-corrected chi connectivity index (χ4v) is 1.71. The van der Waals surface area contributed by atoms with Crippen molar-refractivity contribution < 1.29 is 38.0 Å². The second kappa shape index (κ2) is 5.70. The zero-order valence-electron chi connectivity index (χ0n) is 6.74. The molecule has 66 valence electrons. The first kappa shape index (κ1) is 13.9. The van der Waals surface area contributed by atoms with Crippen molar-refractivity contribution in [2.75, 3.05) is 0 Å². The van der Waals surface area contributed by atoms with Crippen LogP contribution in [-0.2, 0) is 10.0 Å². The van der Waals surface area contributed by atoms with Gasteiger partial charge in [-0.3, -0.25) is 11.8 Å². The van der Waals surface area contributed by atoms with E-state index in [2.05, 4.69) is 20.2 Å². The van der Waals surface area contributed by atoms with Gasteiger partial charge in [0.2, 0.25) is 0 Å². The van der Waals surface area contributed by atoms with Gasteiger partial charge in [0.25, 0.3) is 0 Å². The Morgan fingerprint density at radius 1 is 1.23 bits per heavy atom. The Morgan fingerprint density at radius 3 is 2.08 bits per heavy atom. The van der Waals surface area contributed by atoms with E-state index in [4.69, 9.17) is 11.8 Å². The molecule has 0 saturated carbocycles. The van der Waals surface area contributed by atoms with Crippen LogP contribution in [0.2, 0.25) is 0 Å². The van der Waals surface area contributed by atoms with Gasteiger partial charge in [-0.05, 0) is 24.3 Å². The Bertz CT molecular complexity index is 367. The third-order valence-electron chi connectivity index (χ3n) is 1.20. The van der Waals surface area contributed by atoms with E-state index in [-0.39, 0.29) is 34.5 Å². The molecule has 0 aromatic heterocycles. The van der Waals surface area contributed by atoms with Gasteiger partial charge >= 0.3 is 29.6 Å². The smallest absolute Gasteiger partial charge is 0.458 e. The summed E-state index contributed by atoms with van der Waals surface area (Å²) in [5.41, 5.74) is 0. The van der Waals surface area contributed by atoms with Gasteiger partial charge < -0.3 is 4.24 Å². The Labute approximate surface area is 112 Å². The van der Waals surface area contributed by atoms with Gasteiger partial charge in [-0.1, -0.05) is 15.9 Å². The third-order valence-corrected chi connectivity index (χ3v) is 3.33. The number of halogens is 2. The minimum absolute atomic E-state index is 0. The summed E-state index contributed by atoms with van der Waals surface area (Å²) < 4.78 is 25.5. The van der Waals surface area contributed by atoms with E-state index in [1.54, 1.807) is 12.1 Å². The molecule has 3 nitrogen and oxygen atoms in total. The molecule has 13 heavy (non-hydrogen) atoms. The summed E-state index contributed by atoms with van der Waals surface area (Å²) in [5, 5.41) is 0. The van der Waals surface area contributed by atoms with Gasteiger partial charge in [0.05, 0.1) is 0 Å². The van der Waals surface area contributed by atoms with Gasteiger partial charge in [-0.2, -0.15) is 0 Å². The van der Waals surface area contributed by atoms with E-state index in [9.17, 15) is 8.42 Å². The van der Waals surface area contributed by atoms with Crippen LogP contribution in [0.1, 0.15) is 0 Å². The third kappa shape index (κ3) is 3.87. The summed E-state index contributed by atoms with van der Waals surface area (Å²) in [5.74, 6) is 0. The summed E-state index contributed by atoms with van der Waals surface area (Å²) in [6.45, 7) is 0. The molecule has 0 N–H and O–H groups in total. The van der Waals surface area contributed by atoms with Crippen LogP contribution in [0.25, 0.3) is 4.24 Å². The van der Waals surface area contributed by atoms with Crippen molar-refractivity contribution in [1.29, 1.82) is 0 Å². The molecule has 0 bridgehead atoms. The van der Waals surface area contributed by atoms with E-state index in [0.717, 1.165) is 4.47 Å². The van der Waals surface area contributed by atoms with Crippen molar-refractivity contribution in [3.8, 4) is 0 Å². The van der Waals surface area contributed by atoms with Crippen LogP contribution < -0.4 is 29.6 Å². The monoisotopic (exact) mass is 291 g/mol. The van der Waals surface area contributed by atoms with Crippen molar-refractivity contribution in [3.63, 3.8) is 0 Å². The summed E-state index contributed by atoms with van der Waals surface area (Å²) in [6, 6.07) is 6.06.